The zero-order chi connectivity index (χ0) is 11.6. The van der Waals surface area contributed by atoms with Gasteiger partial charge in [0, 0.05) is 6.54 Å². The second-order valence-electron chi connectivity index (χ2n) is 4.71. The Morgan fingerprint density at radius 3 is 2.75 bits per heavy atom. The summed E-state index contributed by atoms with van der Waals surface area (Å²) >= 11 is 0. The van der Waals surface area contributed by atoms with Crippen LogP contribution in [-0.4, -0.2) is 25.0 Å². The number of hydrogen-bond donors (Lipinski definition) is 2. The lowest BCUT2D eigenvalue weighted by molar-refractivity contribution is -0.124. The predicted octanol–water partition coefficient (Wildman–Crippen LogP) is 2.22. The summed E-state index contributed by atoms with van der Waals surface area (Å²) in [7, 11) is 0. The lowest BCUT2D eigenvalue weighted by Gasteiger charge is -2.22. The molecule has 0 aromatic carbocycles. The second kappa shape index (κ2) is 8.57. The van der Waals surface area contributed by atoms with Crippen molar-refractivity contribution in [3.05, 3.63) is 0 Å². The summed E-state index contributed by atoms with van der Waals surface area (Å²) in [5, 5.41) is 6.25. The minimum atomic E-state index is 0.0735. The molecule has 3 nitrogen and oxygen atoms in total. The number of rotatable bonds is 8. The lowest BCUT2D eigenvalue weighted by Crippen LogP contribution is -2.48. The molecule has 1 heterocycles. The third kappa shape index (κ3) is 5.50. The molecule has 0 unspecified atom stereocenters. The van der Waals surface area contributed by atoms with Crippen LogP contribution < -0.4 is 10.6 Å². The molecule has 0 aromatic heterocycles. The summed E-state index contributed by atoms with van der Waals surface area (Å²) in [5.74, 6) is 0.192. The Morgan fingerprint density at radius 1 is 1.25 bits per heavy atom. The zero-order valence-electron chi connectivity index (χ0n) is 10.6. The Morgan fingerprint density at radius 2 is 2.00 bits per heavy atom. The summed E-state index contributed by atoms with van der Waals surface area (Å²) in [6.45, 7) is 4.08. The summed E-state index contributed by atoms with van der Waals surface area (Å²) in [4.78, 5) is 11.4. The average Bonchev–Trinajstić information content (AvgIpc) is 2.30. The van der Waals surface area contributed by atoms with Gasteiger partial charge < -0.3 is 10.6 Å². The molecule has 0 aliphatic carbocycles. The molecule has 1 fully saturated rings. The van der Waals surface area contributed by atoms with Crippen molar-refractivity contribution >= 4 is 5.91 Å². The van der Waals surface area contributed by atoms with Gasteiger partial charge in [-0.15, -0.1) is 0 Å². The van der Waals surface area contributed by atoms with Crippen molar-refractivity contribution in [2.75, 3.05) is 13.1 Å². The summed E-state index contributed by atoms with van der Waals surface area (Å²) in [6, 6.07) is 0.0735. The standard InChI is InChI=1S/C13H26N2O/c1-2-3-4-5-6-7-10-14-12-9-8-11-15-13(12)16/h12,14H,2-11H2,1H3,(H,15,16)/t12-/m1/s1. The monoisotopic (exact) mass is 226 g/mol. The number of amides is 1. The minimum Gasteiger partial charge on any atom is -0.355 e. The summed E-state index contributed by atoms with van der Waals surface area (Å²) in [6.07, 6.45) is 9.97. The molecule has 2 N–H and O–H groups in total. The van der Waals surface area contributed by atoms with Crippen LogP contribution in [0.25, 0.3) is 0 Å². The Kier molecular flexibility index (Phi) is 7.23. The van der Waals surface area contributed by atoms with Gasteiger partial charge in [0.05, 0.1) is 6.04 Å². The van der Waals surface area contributed by atoms with Gasteiger partial charge in [-0.3, -0.25) is 4.79 Å². The minimum absolute atomic E-state index is 0.0735. The Bertz CT molecular complexity index is 194. The van der Waals surface area contributed by atoms with E-state index in [1.807, 2.05) is 0 Å². The van der Waals surface area contributed by atoms with E-state index in [1.165, 1.54) is 38.5 Å². The molecular weight excluding hydrogens is 200 g/mol. The average molecular weight is 226 g/mol. The smallest absolute Gasteiger partial charge is 0.237 e. The van der Waals surface area contributed by atoms with Crippen LogP contribution in [0.5, 0.6) is 0 Å². The van der Waals surface area contributed by atoms with Crippen molar-refractivity contribution in [2.24, 2.45) is 0 Å². The van der Waals surface area contributed by atoms with Gasteiger partial charge in [0.25, 0.3) is 0 Å². The first-order chi connectivity index (χ1) is 7.84. The predicted molar refractivity (Wildman–Crippen MR) is 67.4 cm³/mol. The molecule has 1 aliphatic heterocycles. The molecule has 94 valence electrons. The van der Waals surface area contributed by atoms with E-state index in [9.17, 15) is 4.79 Å². The fourth-order valence-electron chi connectivity index (χ4n) is 2.15. The first-order valence-corrected chi connectivity index (χ1v) is 6.85. The first kappa shape index (κ1) is 13.5. The van der Waals surface area contributed by atoms with E-state index in [-0.39, 0.29) is 11.9 Å². The third-order valence-corrected chi connectivity index (χ3v) is 3.21. The molecule has 0 bridgehead atoms. The van der Waals surface area contributed by atoms with Crippen LogP contribution >= 0.6 is 0 Å². The van der Waals surface area contributed by atoms with Crippen molar-refractivity contribution in [2.45, 2.75) is 64.3 Å². The van der Waals surface area contributed by atoms with Crippen molar-refractivity contribution in [1.29, 1.82) is 0 Å². The lowest BCUT2D eigenvalue weighted by atomic mass is 10.1. The van der Waals surface area contributed by atoms with E-state index in [0.717, 1.165) is 25.9 Å². The van der Waals surface area contributed by atoms with E-state index in [4.69, 9.17) is 0 Å². The Balaban J connectivity index is 1.92. The van der Waals surface area contributed by atoms with Gasteiger partial charge in [-0.25, -0.2) is 0 Å². The van der Waals surface area contributed by atoms with Crippen molar-refractivity contribution in [3.63, 3.8) is 0 Å². The Labute approximate surface area is 99.4 Å². The highest BCUT2D eigenvalue weighted by Gasteiger charge is 2.20. The van der Waals surface area contributed by atoms with E-state index < -0.39 is 0 Å². The number of unbranched alkanes of at least 4 members (excludes halogenated alkanes) is 5. The molecule has 16 heavy (non-hydrogen) atoms. The molecule has 0 radical (unpaired) electrons. The molecule has 1 atom stereocenters. The number of hydrogen-bond acceptors (Lipinski definition) is 2. The van der Waals surface area contributed by atoms with E-state index in [2.05, 4.69) is 17.6 Å². The largest absolute Gasteiger partial charge is 0.355 e. The third-order valence-electron chi connectivity index (χ3n) is 3.21. The molecular formula is C13H26N2O. The quantitative estimate of drug-likeness (QED) is 0.623. The molecule has 1 aliphatic rings. The molecule has 1 amide bonds. The first-order valence-electron chi connectivity index (χ1n) is 6.85. The maximum Gasteiger partial charge on any atom is 0.237 e. The molecule has 1 saturated heterocycles. The van der Waals surface area contributed by atoms with Crippen LogP contribution in [0.4, 0.5) is 0 Å². The fraction of sp³-hybridized carbons (Fsp3) is 0.923. The number of nitrogens with one attached hydrogen (secondary N) is 2. The van der Waals surface area contributed by atoms with Gasteiger partial charge in [-0.2, -0.15) is 0 Å². The number of carbonyl (C=O) groups excluding carboxylic acids is 1. The van der Waals surface area contributed by atoms with E-state index in [0.29, 0.717) is 0 Å². The van der Waals surface area contributed by atoms with Gasteiger partial charge in [0.1, 0.15) is 0 Å². The number of carbonyl (C=O) groups is 1. The molecule has 3 heteroatoms. The van der Waals surface area contributed by atoms with Crippen molar-refractivity contribution in [3.8, 4) is 0 Å². The maximum absolute atomic E-state index is 11.4. The molecule has 0 spiro atoms. The van der Waals surface area contributed by atoms with Crippen molar-refractivity contribution in [1.82, 2.24) is 10.6 Å². The maximum atomic E-state index is 11.4. The Hall–Kier alpha value is -0.570. The van der Waals surface area contributed by atoms with Crippen molar-refractivity contribution < 1.29 is 4.79 Å². The molecule has 0 saturated carbocycles. The van der Waals surface area contributed by atoms with Crippen LogP contribution in [0.15, 0.2) is 0 Å². The van der Waals surface area contributed by atoms with Crippen LogP contribution in [0.3, 0.4) is 0 Å². The second-order valence-corrected chi connectivity index (χ2v) is 4.71. The SMILES string of the molecule is CCCCCCCCN[C@@H]1CCCNC1=O. The summed E-state index contributed by atoms with van der Waals surface area (Å²) in [5.41, 5.74) is 0. The zero-order valence-corrected chi connectivity index (χ0v) is 10.6. The topological polar surface area (TPSA) is 41.1 Å². The van der Waals surface area contributed by atoms with Gasteiger partial charge >= 0.3 is 0 Å². The van der Waals surface area contributed by atoms with E-state index in [1.54, 1.807) is 0 Å². The van der Waals surface area contributed by atoms with Crippen LogP contribution in [0.1, 0.15) is 58.3 Å². The van der Waals surface area contributed by atoms with Gasteiger partial charge in [-0.05, 0) is 25.8 Å². The number of piperidine rings is 1. The van der Waals surface area contributed by atoms with E-state index >= 15 is 0 Å². The van der Waals surface area contributed by atoms with Crippen LogP contribution in [0, 0.1) is 0 Å². The highest BCUT2D eigenvalue weighted by molar-refractivity contribution is 5.82. The summed E-state index contributed by atoms with van der Waals surface area (Å²) < 4.78 is 0. The van der Waals surface area contributed by atoms with Crippen LogP contribution in [-0.2, 0) is 4.79 Å². The van der Waals surface area contributed by atoms with Gasteiger partial charge in [-0.1, -0.05) is 39.0 Å². The highest BCUT2D eigenvalue weighted by atomic mass is 16.2. The fourth-order valence-corrected chi connectivity index (χ4v) is 2.15. The van der Waals surface area contributed by atoms with Crippen LogP contribution in [0.2, 0.25) is 0 Å². The highest BCUT2D eigenvalue weighted by Crippen LogP contribution is 2.06. The normalized spacial score (nSPS) is 20.8. The van der Waals surface area contributed by atoms with Gasteiger partial charge in [0.2, 0.25) is 5.91 Å². The molecule has 1 rings (SSSR count). The molecule has 0 aromatic rings. The van der Waals surface area contributed by atoms with Gasteiger partial charge in [0.15, 0.2) is 0 Å².